The van der Waals surface area contributed by atoms with Gasteiger partial charge in [0.2, 0.25) is 0 Å². The highest BCUT2D eigenvalue weighted by atomic mass is 35.5. The Labute approximate surface area is 115 Å². The Morgan fingerprint density at radius 2 is 2.12 bits per heavy atom. The highest BCUT2D eigenvalue weighted by Gasteiger charge is 2.22. The van der Waals surface area contributed by atoms with Crippen molar-refractivity contribution in [2.24, 2.45) is 0 Å². The maximum absolute atomic E-state index is 5.91. The van der Waals surface area contributed by atoms with Crippen molar-refractivity contribution < 1.29 is 4.74 Å². The van der Waals surface area contributed by atoms with E-state index in [9.17, 15) is 0 Å². The molecule has 1 N–H and O–H groups in total. The maximum Gasteiger partial charge on any atom is 0.142 e. The fraction of sp³-hybridized carbons (Fsp3) is 0.583. The molecule has 2 heterocycles. The number of hydrogen-bond donors (Lipinski definition) is 1. The van der Waals surface area contributed by atoms with Crippen LogP contribution >= 0.6 is 24.8 Å². The minimum Gasteiger partial charge on any atom is -0.487 e. The van der Waals surface area contributed by atoms with E-state index in [4.69, 9.17) is 4.74 Å². The SMILES string of the molecule is CC[C@@H]1CN[C@H](CC)c2ncccc2O1.Cl.Cl. The Bertz CT molecular complexity index is 336. The van der Waals surface area contributed by atoms with E-state index in [0.717, 1.165) is 30.8 Å². The molecule has 0 aromatic carbocycles. The molecule has 0 amide bonds. The van der Waals surface area contributed by atoms with Gasteiger partial charge in [0.1, 0.15) is 11.9 Å². The van der Waals surface area contributed by atoms with Crippen molar-refractivity contribution in [2.45, 2.75) is 38.8 Å². The summed E-state index contributed by atoms with van der Waals surface area (Å²) < 4.78 is 5.91. The van der Waals surface area contributed by atoms with Crippen molar-refractivity contribution >= 4 is 24.8 Å². The second-order valence-electron chi connectivity index (χ2n) is 3.90. The van der Waals surface area contributed by atoms with E-state index >= 15 is 0 Å². The van der Waals surface area contributed by atoms with Gasteiger partial charge in [0, 0.05) is 12.7 Å². The van der Waals surface area contributed by atoms with E-state index < -0.39 is 0 Å². The van der Waals surface area contributed by atoms with Crippen LogP contribution in [0.2, 0.25) is 0 Å². The van der Waals surface area contributed by atoms with Crippen LogP contribution in [-0.4, -0.2) is 17.6 Å². The first-order valence-electron chi connectivity index (χ1n) is 5.70. The predicted molar refractivity (Wildman–Crippen MR) is 74.5 cm³/mol. The van der Waals surface area contributed by atoms with Gasteiger partial charge in [0.15, 0.2) is 0 Å². The first-order valence-corrected chi connectivity index (χ1v) is 5.70. The van der Waals surface area contributed by atoms with Crippen LogP contribution in [0, 0.1) is 0 Å². The molecule has 0 unspecified atom stereocenters. The van der Waals surface area contributed by atoms with Crippen molar-refractivity contribution in [3.63, 3.8) is 0 Å². The quantitative estimate of drug-likeness (QED) is 0.903. The Morgan fingerprint density at radius 3 is 2.76 bits per heavy atom. The minimum atomic E-state index is 0. The Morgan fingerprint density at radius 1 is 1.35 bits per heavy atom. The van der Waals surface area contributed by atoms with Crippen molar-refractivity contribution in [1.29, 1.82) is 0 Å². The number of halogens is 2. The van der Waals surface area contributed by atoms with Crippen LogP contribution in [0.25, 0.3) is 0 Å². The highest BCUT2D eigenvalue weighted by Crippen LogP contribution is 2.28. The number of aromatic nitrogens is 1. The highest BCUT2D eigenvalue weighted by molar-refractivity contribution is 5.85. The van der Waals surface area contributed by atoms with Crippen molar-refractivity contribution in [3.05, 3.63) is 24.0 Å². The summed E-state index contributed by atoms with van der Waals surface area (Å²) in [6.45, 7) is 5.22. The normalized spacial score (nSPS) is 22.2. The number of pyridine rings is 1. The average Bonchev–Trinajstić information content (AvgIpc) is 2.47. The number of fused-ring (bicyclic) bond motifs is 1. The molecule has 0 aliphatic carbocycles. The molecule has 1 aromatic rings. The topological polar surface area (TPSA) is 34.2 Å². The molecule has 1 aliphatic heterocycles. The van der Waals surface area contributed by atoms with Gasteiger partial charge in [-0.3, -0.25) is 4.98 Å². The van der Waals surface area contributed by atoms with Crippen LogP contribution in [0.3, 0.4) is 0 Å². The lowest BCUT2D eigenvalue weighted by molar-refractivity contribution is 0.200. The molecular weight excluding hydrogens is 259 g/mol. The molecule has 0 fully saturated rings. The summed E-state index contributed by atoms with van der Waals surface area (Å²) in [4.78, 5) is 4.41. The molecule has 0 saturated heterocycles. The third-order valence-corrected chi connectivity index (χ3v) is 2.88. The Balaban J connectivity index is 0.00000128. The lowest BCUT2D eigenvalue weighted by Gasteiger charge is -2.14. The van der Waals surface area contributed by atoms with Crippen LogP contribution in [0.5, 0.6) is 5.75 Å². The second kappa shape index (κ2) is 7.75. The van der Waals surface area contributed by atoms with E-state index in [-0.39, 0.29) is 30.9 Å². The van der Waals surface area contributed by atoms with Gasteiger partial charge in [-0.1, -0.05) is 13.8 Å². The van der Waals surface area contributed by atoms with Crippen molar-refractivity contribution in [3.8, 4) is 5.75 Å². The molecule has 1 aromatic heterocycles. The predicted octanol–water partition coefficient (Wildman–Crippen LogP) is 3.14. The standard InChI is InChI=1S/C12H18N2O.2ClH/c1-3-9-8-14-10(4-2)12-11(15-9)6-5-7-13-12;;/h5-7,9-10,14H,3-4,8H2,1-2H3;2*1H/t9-,10-;;/m1../s1. The zero-order valence-corrected chi connectivity index (χ0v) is 11.8. The van der Waals surface area contributed by atoms with E-state index in [1.165, 1.54) is 0 Å². The molecule has 0 bridgehead atoms. The summed E-state index contributed by atoms with van der Waals surface area (Å²) in [5.74, 6) is 0.946. The Hall–Kier alpha value is -0.510. The number of hydrogen-bond acceptors (Lipinski definition) is 3. The number of ether oxygens (including phenoxy) is 1. The lowest BCUT2D eigenvalue weighted by Crippen LogP contribution is -2.29. The molecule has 1 aliphatic rings. The first-order chi connectivity index (χ1) is 7.35. The molecule has 17 heavy (non-hydrogen) atoms. The molecule has 0 radical (unpaired) electrons. The first kappa shape index (κ1) is 16.5. The number of nitrogens with zero attached hydrogens (tertiary/aromatic N) is 1. The van der Waals surface area contributed by atoms with Gasteiger partial charge in [-0.15, -0.1) is 24.8 Å². The summed E-state index contributed by atoms with van der Waals surface area (Å²) in [6, 6.07) is 4.28. The minimum absolute atomic E-state index is 0. The summed E-state index contributed by atoms with van der Waals surface area (Å²) >= 11 is 0. The summed E-state index contributed by atoms with van der Waals surface area (Å²) in [5.41, 5.74) is 1.05. The molecule has 2 rings (SSSR count). The molecule has 0 spiro atoms. The average molecular weight is 279 g/mol. The second-order valence-corrected chi connectivity index (χ2v) is 3.90. The van der Waals surface area contributed by atoms with Gasteiger partial charge in [-0.2, -0.15) is 0 Å². The van der Waals surface area contributed by atoms with E-state index in [0.29, 0.717) is 6.04 Å². The lowest BCUT2D eigenvalue weighted by atomic mass is 10.1. The third-order valence-electron chi connectivity index (χ3n) is 2.88. The monoisotopic (exact) mass is 278 g/mol. The van der Waals surface area contributed by atoms with Crippen LogP contribution in [-0.2, 0) is 0 Å². The van der Waals surface area contributed by atoms with E-state index in [1.807, 2.05) is 18.3 Å². The largest absolute Gasteiger partial charge is 0.487 e. The molecule has 5 heteroatoms. The smallest absolute Gasteiger partial charge is 0.142 e. The van der Waals surface area contributed by atoms with Crippen molar-refractivity contribution in [1.82, 2.24) is 10.3 Å². The van der Waals surface area contributed by atoms with Gasteiger partial charge in [0.05, 0.1) is 11.7 Å². The van der Waals surface area contributed by atoms with E-state index in [2.05, 4.69) is 24.1 Å². The fourth-order valence-corrected chi connectivity index (χ4v) is 1.92. The molecule has 0 saturated carbocycles. The zero-order chi connectivity index (χ0) is 10.7. The summed E-state index contributed by atoms with van der Waals surface area (Å²) in [7, 11) is 0. The maximum atomic E-state index is 5.91. The third kappa shape index (κ3) is 3.73. The van der Waals surface area contributed by atoms with Crippen LogP contribution in [0.4, 0.5) is 0 Å². The van der Waals surface area contributed by atoms with Gasteiger partial charge < -0.3 is 10.1 Å². The number of nitrogens with one attached hydrogen (secondary N) is 1. The van der Waals surface area contributed by atoms with Gasteiger partial charge in [-0.25, -0.2) is 0 Å². The zero-order valence-electron chi connectivity index (χ0n) is 10.2. The van der Waals surface area contributed by atoms with Gasteiger partial charge in [-0.05, 0) is 25.0 Å². The molecule has 2 atom stereocenters. The Kier molecular flexibility index (Phi) is 7.51. The van der Waals surface area contributed by atoms with Gasteiger partial charge >= 0.3 is 0 Å². The van der Waals surface area contributed by atoms with Crippen LogP contribution in [0.15, 0.2) is 18.3 Å². The molecule has 98 valence electrons. The summed E-state index contributed by atoms with van der Waals surface area (Å²) in [6.07, 6.45) is 4.17. The number of rotatable bonds is 2. The molecule has 3 nitrogen and oxygen atoms in total. The van der Waals surface area contributed by atoms with Crippen LogP contribution in [0.1, 0.15) is 38.4 Å². The van der Waals surface area contributed by atoms with Gasteiger partial charge in [0.25, 0.3) is 0 Å². The van der Waals surface area contributed by atoms with Crippen LogP contribution < -0.4 is 10.1 Å². The fourth-order valence-electron chi connectivity index (χ4n) is 1.92. The van der Waals surface area contributed by atoms with Crippen molar-refractivity contribution in [2.75, 3.05) is 6.54 Å². The van der Waals surface area contributed by atoms with E-state index in [1.54, 1.807) is 0 Å². The molecular formula is C12H20Cl2N2O. The summed E-state index contributed by atoms with van der Waals surface area (Å²) in [5, 5.41) is 3.50.